The van der Waals surface area contributed by atoms with E-state index in [0.717, 1.165) is 5.56 Å². The number of amidine groups is 1. The van der Waals surface area contributed by atoms with E-state index in [1.165, 1.54) is 17.8 Å². The van der Waals surface area contributed by atoms with Gasteiger partial charge in [0.25, 0.3) is 5.91 Å². The van der Waals surface area contributed by atoms with E-state index in [9.17, 15) is 17.6 Å². The average Bonchev–Trinajstić information content (AvgIpc) is 3.08. The van der Waals surface area contributed by atoms with Crippen molar-refractivity contribution in [2.75, 3.05) is 16.4 Å². The molecule has 0 N–H and O–H groups in total. The smallest absolute Gasteiger partial charge is 0.252 e. The second-order valence-electron chi connectivity index (χ2n) is 6.86. The van der Waals surface area contributed by atoms with Gasteiger partial charge < -0.3 is 4.90 Å². The molecule has 0 radical (unpaired) electrons. The predicted octanol–water partition coefficient (Wildman–Crippen LogP) is 4.09. The lowest BCUT2D eigenvalue weighted by Crippen LogP contribution is -2.38. The van der Waals surface area contributed by atoms with Crippen molar-refractivity contribution in [1.29, 1.82) is 0 Å². The van der Waals surface area contributed by atoms with Crippen LogP contribution in [0.5, 0.6) is 0 Å². The third-order valence-electron chi connectivity index (χ3n) is 4.72. The third-order valence-corrected chi connectivity index (χ3v) is 8.68. The molecule has 4 rings (SSSR count). The molecule has 2 aromatic carbocycles. The predicted molar refractivity (Wildman–Crippen MR) is 118 cm³/mol. The molecular weight excluding hydrogens is 503 g/mol. The fourth-order valence-electron chi connectivity index (χ4n) is 3.45. The van der Waals surface area contributed by atoms with E-state index >= 15 is 0 Å². The molecule has 0 unspecified atom stereocenters. The van der Waals surface area contributed by atoms with E-state index in [1.54, 1.807) is 41.3 Å². The molecule has 0 aliphatic carbocycles. The zero-order chi connectivity index (χ0) is 20.8. The molecule has 0 saturated carbocycles. The first-order chi connectivity index (χ1) is 13.7. The molecule has 2 fully saturated rings. The first-order valence-corrected chi connectivity index (χ1v) is 12.6. The number of aliphatic imine (C=N–C) groups is 1. The Balaban J connectivity index is 1.66. The summed E-state index contributed by atoms with van der Waals surface area (Å²) in [7, 11) is -3.22. The highest BCUT2D eigenvalue weighted by molar-refractivity contribution is 9.10. The molecule has 1 amide bonds. The van der Waals surface area contributed by atoms with Crippen molar-refractivity contribution in [3.05, 3.63) is 63.3 Å². The zero-order valence-corrected chi connectivity index (χ0v) is 18.9. The molecule has 2 aliphatic heterocycles. The van der Waals surface area contributed by atoms with Gasteiger partial charge in [-0.05, 0) is 35.9 Å². The normalized spacial score (nSPS) is 24.1. The van der Waals surface area contributed by atoms with E-state index in [4.69, 9.17) is 11.6 Å². The van der Waals surface area contributed by atoms with Crippen LogP contribution >= 0.6 is 39.3 Å². The van der Waals surface area contributed by atoms with Gasteiger partial charge in [0.05, 0.1) is 29.7 Å². The van der Waals surface area contributed by atoms with Crippen molar-refractivity contribution in [2.24, 2.45) is 4.99 Å². The van der Waals surface area contributed by atoms with Crippen molar-refractivity contribution in [3.63, 3.8) is 0 Å². The SMILES string of the molecule is O=C(Cc1ccc(Cl)cc1)N=C1S[C@@H]2CS(=O)(=O)C[C@@H]2N1c1ccc(Br)cc1F. The summed E-state index contributed by atoms with van der Waals surface area (Å²) in [4.78, 5) is 18.3. The van der Waals surface area contributed by atoms with Crippen LogP contribution in [0.15, 0.2) is 51.9 Å². The number of carbonyl (C=O) groups excluding carboxylic acids is 1. The van der Waals surface area contributed by atoms with E-state index in [2.05, 4.69) is 20.9 Å². The number of amides is 1. The molecule has 29 heavy (non-hydrogen) atoms. The molecule has 0 bridgehead atoms. The van der Waals surface area contributed by atoms with Crippen LogP contribution < -0.4 is 4.90 Å². The standard InChI is InChI=1S/C19H15BrClFN2O3S2/c20-12-3-6-15(14(22)8-12)24-16-9-29(26,27)10-17(16)28-19(24)23-18(25)7-11-1-4-13(21)5-2-11/h1-6,8,16-17H,7,9-10H2/t16-,17+/m0/s1. The van der Waals surface area contributed by atoms with Crippen LogP contribution in [0.25, 0.3) is 0 Å². The lowest BCUT2D eigenvalue weighted by atomic mass is 10.1. The van der Waals surface area contributed by atoms with E-state index < -0.39 is 21.7 Å². The highest BCUT2D eigenvalue weighted by Gasteiger charge is 2.50. The monoisotopic (exact) mass is 516 g/mol. The fourth-order valence-corrected chi connectivity index (χ4v) is 7.83. The van der Waals surface area contributed by atoms with Gasteiger partial charge in [-0.3, -0.25) is 4.79 Å². The fraction of sp³-hybridized carbons (Fsp3) is 0.263. The van der Waals surface area contributed by atoms with Crippen LogP contribution in [-0.4, -0.2) is 42.3 Å². The number of sulfone groups is 1. The second kappa shape index (κ2) is 8.02. The molecule has 5 nitrogen and oxygen atoms in total. The van der Waals surface area contributed by atoms with E-state index in [0.29, 0.717) is 14.7 Å². The molecule has 2 aliphatic rings. The average molecular weight is 518 g/mol. The van der Waals surface area contributed by atoms with Gasteiger partial charge in [0.15, 0.2) is 15.0 Å². The van der Waals surface area contributed by atoms with Gasteiger partial charge in [-0.25, -0.2) is 12.8 Å². The number of anilines is 1. The Morgan fingerprint density at radius 3 is 2.66 bits per heavy atom. The summed E-state index contributed by atoms with van der Waals surface area (Å²) in [6.07, 6.45) is 0.0749. The van der Waals surface area contributed by atoms with Gasteiger partial charge in [-0.2, -0.15) is 4.99 Å². The van der Waals surface area contributed by atoms with Gasteiger partial charge in [0.2, 0.25) is 0 Å². The Labute approximate surface area is 185 Å². The number of halogens is 3. The maximum Gasteiger partial charge on any atom is 0.252 e. The summed E-state index contributed by atoms with van der Waals surface area (Å²) in [6.45, 7) is 0. The number of thioether (sulfide) groups is 1. The van der Waals surface area contributed by atoms with Crippen molar-refractivity contribution >= 4 is 65.9 Å². The van der Waals surface area contributed by atoms with Gasteiger partial charge >= 0.3 is 0 Å². The largest absolute Gasteiger partial charge is 0.313 e. The van der Waals surface area contributed by atoms with Crippen LogP contribution in [0.2, 0.25) is 5.02 Å². The number of rotatable bonds is 3. The highest BCUT2D eigenvalue weighted by atomic mass is 79.9. The minimum atomic E-state index is -3.22. The van der Waals surface area contributed by atoms with Crippen LogP contribution in [-0.2, 0) is 21.1 Å². The van der Waals surface area contributed by atoms with Gasteiger partial charge in [0.1, 0.15) is 5.82 Å². The Morgan fingerprint density at radius 1 is 1.24 bits per heavy atom. The number of nitrogens with zero attached hydrogens (tertiary/aromatic N) is 2. The Bertz CT molecular complexity index is 1110. The number of benzene rings is 2. The van der Waals surface area contributed by atoms with Gasteiger partial charge in [-0.1, -0.05) is 51.4 Å². The molecule has 2 atom stereocenters. The van der Waals surface area contributed by atoms with Crippen molar-refractivity contribution in [2.45, 2.75) is 17.7 Å². The zero-order valence-electron chi connectivity index (χ0n) is 14.9. The summed E-state index contributed by atoms with van der Waals surface area (Å²) in [5, 5.41) is 0.616. The number of fused-ring (bicyclic) bond motifs is 1. The van der Waals surface area contributed by atoms with E-state index in [1.807, 2.05) is 0 Å². The maximum absolute atomic E-state index is 14.7. The molecule has 2 saturated heterocycles. The summed E-state index contributed by atoms with van der Waals surface area (Å²) in [5.41, 5.74) is 0.972. The van der Waals surface area contributed by atoms with Gasteiger partial charge in [-0.15, -0.1) is 0 Å². The van der Waals surface area contributed by atoms with Crippen LogP contribution in [0.1, 0.15) is 5.56 Å². The molecule has 10 heteroatoms. The van der Waals surface area contributed by atoms with Crippen LogP contribution in [0, 0.1) is 5.82 Å². The summed E-state index contributed by atoms with van der Waals surface area (Å²) in [5.74, 6) is -1.01. The minimum Gasteiger partial charge on any atom is -0.313 e. The van der Waals surface area contributed by atoms with E-state index in [-0.39, 0.29) is 34.8 Å². The van der Waals surface area contributed by atoms with Crippen molar-refractivity contribution in [3.8, 4) is 0 Å². The number of hydrogen-bond donors (Lipinski definition) is 0. The Kier molecular flexibility index (Phi) is 5.76. The summed E-state index contributed by atoms with van der Waals surface area (Å²) in [6, 6.07) is 11.0. The molecular formula is C19H15BrClFN2O3S2. The quantitative estimate of drug-likeness (QED) is 0.614. The van der Waals surface area contributed by atoms with Crippen molar-refractivity contribution in [1.82, 2.24) is 0 Å². The van der Waals surface area contributed by atoms with Crippen molar-refractivity contribution < 1.29 is 17.6 Å². The summed E-state index contributed by atoms with van der Waals surface area (Å²) < 4.78 is 39.4. The number of hydrogen-bond acceptors (Lipinski definition) is 4. The molecule has 0 aromatic heterocycles. The number of carbonyl (C=O) groups is 1. The Morgan fingerprint density at radius 2 is 1.97 bits per heavy atom. The molecule has 0 spiro atoms. The third kappa shape index (κ3) is 4.52. The summed E-state index contributed by atoms with van der Waals surface area (Å²) >= 11 is 10.3. The highest BCUT2D eigenvalue weighted by Crippen LogP contribution is 2.42. The lowest BCUT2D eigenvalue weighted by Gasteiger charge is -2.25. The first kappa shape index (κ1) is 20.8. The molecule has 2 aromatic rings. The second-order valence-corrected chi connectivity index (χ2v) is 11.6. The Hall–Kier alpha value is -1.42. The maximum atomic E-state index is 14.7. The van der Waals surface area contributed by atoms with Crippen LogP contribution in [0.3, 0.4) is 0 Å². The van der Waals surface area contributed by atoms with Gasteiger partial charge in [0, 0.05) is 14.7 Å². The first-order valence-electron chi connectivity index (χ1n) is 8.69. The topological polar surface area (TPSA) is 66.8 Å². The molecule has 2 heterocycles. The minimum absolute atomic E-state index is 0.0125. The molecule has 152 valence electrons. The van der Waals surface area contributed by atoms with Crippen LogP contribution in [0.4, 0.5) is 10.1 Å². The lowest BCUT2D eigenvalue weighted by molar-refractivity contribution is -0.117.